The van der Waals surface area contributed by atoms with Crippen molar-refractivity contribution in [2.75, 3.05) is 13.7 Å². The molecule has 0 spiro atoms. The van der Waals surface area contributed by atoms with E-state index in [1.54, 1.807) is 24.3 Å². The summed E-state index contributed by atoms with van der Waals surface area (Å²) in [5.74, 6) is 0.668. The monoisotopic (exact) mass is 351 g/mol. The average molecular weight is 352 g/mol. The van der Waals surface area contributed by atoms with Crippen LogP contribution in [-0.4, -0.2) is 24.6 Å². The molecular formula is C16H14ClNO6. The van der Waals surface area contributed by atoms with Crippen molar-refractivity contribution in [1.29, 1.82) is 0 Å². The SMILES string of the molecule is COc1ccccc1OCCC(=O)Oc1ccc([N+](=O)[O-])c(Cl)c1. The second-order valence-electron chi connectivity index (χ2n) is 4.59. The molecular weight excluding hydrogens is 338 g/mol. The molecule has 0 bridgehead atoms. The van der Waals surface area contributed by atoms with Crippen molar-refractivity contribution in [3.05, 3.63) is 57.6 Å². The zero-order valence-corrected chi connectivity index (χ0v) is 13.5. The lowest BCUT2D eigenvalue weighted by atomic mass is 10.3. The van der Waals surface area contributed by atoms with Crippen LogP contribution in [-0.2, 0) is 4.79 Å². The maximum atomic E-state index is 11.8. The summed E-state index contributed by atoms with van der Waals surface area (Å²) in [6.07, 6.45) is -0.00729. The van der Waals surface area contributed by atoms with Crippen molar-refractivity contribution in [3.63, 3.8) is 0 Å². The lowest BCUT2D eigenvalue weighted by Crippen LogP contribution is -2.12. The molecule has 0 amide bonds. The first-order chi connectivity index (χ1) is 11.5. The Morgan fingerprint density at radius 1 is 1.21 bits per heavy atom. The Bertz CT molecular complexity index is 749. The third-order valence-electron chi connectivity index (χ3n) is 2.98. The van der Waals surface area contributed by atoms with Crippen molar-refractivity contribution in [2.24, 2.45) is 0 Å². The molecule has 24 heavy (non-hydrogen) atoms. The molecule has 0 fully saturated rings. The number of ether oxygens (including phenoxy) is 3. The van der Waals surface area contributed by atoms with E-state index in [9.17, 15) is 14.9 Å². The number of nitro benzene ring substituents is 1. The lowest BCUT2D eigenvalue weighted by Gasteiger charge is -2.10. The highest BCUT2D eigenvalue weighted by Crippen LogP contribution is 2.29. The van der Waals surface area contributed by atoms with Gasteiger partial charge in [0.15, 0.2) is 11.5 Å². The number of carbonyl (C=O) groups is 1. The van der Waals surface area contributed by atoms with Gasteiger partial charge in [-0.05, 0) is 18.2 Å². The molecule has 0 radical (unpaired) electrons. The smallest absolute Gasteiger partial charge is 0.314 e. The Hall–Kier alpha value is -2.80. The zero-order valence-electron chi connectivity index (χ0n) is 12.7. The molecule has 0 saturated heterocycles. The number of halogens is 1. The van der Waals surface area contributed by atoms with Crippen LogP contribution >= 0.6 is 11.6 Å². The average Bonchev–Trinajstić information content (AvgIpc) is 2.55. The number of nitrogens with zero attached hydrogens (tertiary/aromatic N) is 1. The lowest BCUT2D eigenvalue weighted by molar-refractivity contribution is -0.384. The Morgan fingerprint density at radius 2 is 1.92 bits per heavy atom. The van der Waals surface area contributed by atoms with Crippen LogP contribution in [0.3, 0.4) is 0 Å². The first-order valence-electron chi connectivity index (χ1n) is 6.91. The van der Waals surface area contributed by atoms with E-state index in [-0.39, 0.29) is 29.5 Å². The van der Waals surface area contributed by atoms with E-state index in [2.05, 4.69) is 0 Å². The van der Waals surface area contributed by atoms with Gasteiger partial charge in [-0.2, -0.15) is 0 Å². The van der Waals surface area contributed by atoms with Gasteiger partial charge in [0.05, 0.1) is 25.1 Å². The van der Waals surface area contributed by atoms with E-state index in [4.69, 9.17) is 25.8 Å². The summed E-state index contributed by atoms with van der Waals surface area (Å²) in [7, 11) is 1.52. The largest absolute Gasteiger partial charge is 0.493 e. The second-order valence-corrected chi connectivity index (χ2v) is 5.00. The minimum absolute atomic E-state index is 0.00729. The van der Waals surface area contributed by atoms with Crippen molar-refractivity contribution >= 4 is 23.3 Å². The minimum atomic E-state index is -0.616. The number of hydrogen-bond donors (Lipinski definition) is 0. The molecule has 0 heterocycles. The number of nitro groups is 1. The molecule has 0 atom stereocenters. The predicted molar refractivity (Wildman–Crippen MR) is 86.8 cm³/mol. The van der Waals surface area contributed by atoms with Crippen molar-refractivity contribution < 1.29 is 23.9 Å². The van der Waals surface area contributed by atoms with Gasteiger partial charge in [0.25, 0.3) is 5.69 Å². The van der Waals surface area contributed by atoms with Gasteiger partial charge in [-0.1, -0.05) is 23.7 Å². The van der Waals surface area contributed by atoms with Crippen LogP contribution in [0.5, 0.6) is 17.2 Å². The van der Waals surface area contributed by atoms with Gasteiger partial charge >= 0.3 is 5.97 Å². The van der Waals surface area contributed by atoms with E-state index in [1.807, 2.05) is 0 Å². The number of esters is 1. The highest BCUT2D eigenvalue weighted by molar-refractivity contribution is 6.32. The predicted octanol–water partition coefficient (Wildman–Crippen LogP) is 3.63. The summed E-state index contributed by atoms with van der Waals surface area (Å²) >= 11 is 5.75. The summed E-state index contributed by atoms with van der Waals surface area (Å²) in [6, 6.07) is 10.8. The van der Waals surface area contributed by atoms with Crippen LogP contribution in [0, 0.1) is 10.1 Å². The van der Waals surface area contributed by atoms with Gasteiger partial charge in [0.1, 0.15) is 10.8 Å². The maximum Gasteiger partial charge on any atom is 0.314 e. The van der Waals surface area contributed by atoms with Crippen molar-refractivity contribution in [3.8, 4) is 17.2 Å². The molecule has 126 valence electrons. The molecule has 8 heteroatoms. The summed E-state index contributed by atoms with van der Waals surface area (Å²) in [5, 5.41) is 10.6. The Kier molecular flexibility index (Phi) is 5.97. The van der Waals surface area contributed by atoms with Gasteiger partial charge in [0.2, 0.25) is 0 Å². The number of hydrogen-bond acceptors (Lipinski definition) is 6. The number of rotatable bonds is 7. The number of benzene rings is 2. The molecule has 2 aromatic rings. The quantitative estimate of drug-likeness (QED) is 0.327. The maximum absolute atomic E-state index is 11.8. The fourth-order valence-corrected chi connectivity index (χ4v) is 2.10. The molecule has 2 rings (SSSR count). The summed E-state index contributed by atoms with van der Waals surface area (Å²) in [4.78, 5) is 21.8. The Balaban J connectivity index is 1.87. The number of methoxy groups -OCH3 is 1. The van der Waals surface area contributed by atoms with Gasteiger partial charge < -0.3 is 14.2 Å². The van der Waals surface area contributed by atoms with Gasteiger partial charge in [-0.3, -0.25) is 14.9 Å². The molecule has 0 saturated carbocycles. The number of carbonyl (C=O) groups excluding carboxylic acids is 1. The van der Waals surface area contributed by atoms with Crippen LogP contribution in [0.25, 0.3) is 0 Å². The summed E-state index contributed by atoms with van der Waals surface area (Å²) < 4.78 is 15.7. The molecule has 7 nitrogen and oxygen atoms in total. The fraction of sp³-hybridized carbons (Fsp3) is 0.188. The third kappa shape index (κ3) is 4.60. The standard InChI is InChI=1S/C16H14ClNO6/c1-22-14-4-2-3-5-15(14)23-9-8-16(19)24-11-6-7-13(18(20)21)12(17)10-11/h2-7,10H,8-9H2,1H3. The van der Waals surface area contributed by atoms with Crippen LogP contribution < -0.4 is 14.2 Å². The van der Waals surface area contributed by atoms with Gasteiger partial charge in [-0.15, -0.1) is 0 Å². The first kappa shape index (κ1) is 17.6. The van der Waals surface area contributed by atoms with Gasteiger partial charge in [0, 0.05) is 12.1 Å². The summed E-state index contributed by atoms with van der Waals surface area (Å²) in [5.41, 5.74) is -0.254. The third-order valence-corrected chi connectivity index (χ3v) is 3.28. The summed E-state index contributed by atoms with van der Waals surface area (Å²) in [6.45, 7) is 0.0971. The molecule has 0 unspecified atom stereocenters. The van der Waals surface area contributed by atoms with Crippen LogP contribution in [0.2, 0.25) is 5.02 Å². The normalized spacial score (nSPS) is 10.1. The number of para-hydroxylation sites is 2. The molecule has 2 aromatic carbocycles. The molecule has 0 N–H and O–H groups in total. The minimum Gasteiger partial charge on any atom is -0.493 e. The Labute approximate surface area is 142 Å². The topological polar surface area (TPSA) is 87.9 Å². The first-order valence-corrected chi connectivity index (χ1v) is 7.29. The van der Waals surface area contributed by atoms with Crippen molar-refractivity contribution in [2.45, 2.75) is 6.42 Å². The zero-order chi connectivity index (χ0) is 17.5. The van der Waals surface area contributed by atoms with E-state index in [0.717, 1.165) is 0 Å². The van der Waals surface area contributed by atoms with E-state index in [1.165, 1.54) is 25.3 Å². The van der Waals surface area contributed by atoms with Gasteiger partial charge in [-0.25, -0.2) is 0 Å². The van der Waals surface area contributed by atoms with Crippen molar-refractivity contribution in [1.82, 2.24) is 0 Å². The molecule has 0 aromatic heterocycles. The molecule has 0 aliphatic carbocycles. The highest BCUT2D eigenvalue weighted by atomic mass is 35.5. The van der Waals surface area contributed by atoms with Crippen LogP contribution in [0.15, 0.2) is 42.5 Å². The van der Waals surface area contributed by atoms with Crippen LogP contribution in [0.1, 0.15) is 6.42 Å². The molecule has 0 aliphatic rings. The van der Waals surface area contributed by atoms with E-state index < -0.39 is 10.9 Å². The Morgan fingerprint density at radius 3 is 2.54 bits per heavy atom. The second kappa shape index (κ2) is 8.16. The van der Waals surface area contributed by atoms with Crippen LogP contribution in [0.4, 0.5) is 5.69 Å². The highest BCUT2D eigenvalue weighted by Gasteiger charge is 2.14. The van der Waals surface area contributed by atoms with E-state index in [0.29, 0.717) is 11.5 Å². The van der Waals surface area contributed by atoms with E-state index >= 15 is 0 Å². The fourth-order valence-electron chi connectivity index (χ4n) is 1.86. The molecule has 0 aliphatic heterocycles.